The van der Waals surface area contributed by atoms with Crippen molar-refractivity contribution in [3.05, 3.63) is 204 Å². The van der Waals surface area contributed by atoms with Crippen LogP contribution in [0.3, 0.4) is 0 Å². The fraction of sp³-hybridized carbons (Fsp3) is 0.0196. The molecule has 1 spiro atoms. The van der Waals surface area contributed by atoms with E-state index in [1.807, 2.05) is 11.3 Å². The first-order valence-electron chi connectivity index (χ1n) is 18.1. The first kappa shape index (κ1) is 28.4. The molecule has 240 valence electrons. The van der Waals surface area contributed by atoms with Crippen LogP contribution in [0.15, 0.2) is 182 Å². The lowest BCUT2D eigenvalue weighted by atomic mass is 9.69. The summed E-state index contributed by atoms with van der Waals surface area (Å²) in [4.78, 5) is 1.40. The van der Waals surface area contributed by atoms with Gasteiger partial charge in [-0.25, -0.2) is 0 Å². The third kappa shape index (κ3) is 3.56. The molecule has 0 saturated carbocycles. The van der Waals surface area contributed by atoms with Crippen molar-refractivity contribution in [1.29, 1.82) is 0 Å². The molecule has 12 rings (SSSR count). The van der Waals surface area contributed by atoms with Crippen molar-refractivity contribution in [2.45, 2.75) is 5.41 Å². The zero-order chi connectivity index (χ0) is 34.0. The van der Waals surface area contributed by atoms with E-state index in [-0.39, 0.29) is 0 Å². The van der Waals surface area contributed by atoms with Gasteiger partial charge in [0.05, 0.1) is 5.41 Å². The van der Waals surface area contributed by atoms with Gasteiger partial charge in [-0.2, -0.15) is 0 Å². The van der Waals surface area contributed by atoms with E-state index in [0.717, 1.165) is 0 Å². The highest BCUT2D eigenvalue weighted by Crippen LogP contribution is 2.66. The minimum atomic E-state index is -0.399. The number of thiophene rings is 1. The molecule has 2 aliphatic carbocycles. The number of benzene rings is 9. The molecule has 0 fully saturated rings. The normalized spacial score (nSPS) is 15.4. The van der Waals surface area contributed by atoms with Crippen LogP contribution < -0.4 is 0 Å². The molecule has 1 unspecified atom stereocenters. The Kier molecular flexibility index (Phi) is 5.68. The zero-order valence-corrected chi connectivity index (χ0v) is 29.0. The smallest absolute Gasteiger partial charge is 0.0740 e. The minimum absolute atomic E-state index is 0.399. The molecule has 0 N–H and O–H groups in total. The summed E-state index contributed by atoms with van der Waals surface area (Å²) in [5.74, 6) is 0. The molecule has 0 radical (unpaired) electrons. The van der Waals surface area contributed by atoms with Crippen LogP contribution in [-0.2, 0) is 5.41 Å². The summed E-state index contributed by atoms with van der Waals surface area (Å²) in [7, 11) is 0. The number of hydrogen-bond acceptors (Lipinski definition) is 1. The molecule has 1 atom stereocenters. The predicted molar refractivity (Wildman–Crippen MR) is 222 cm³/mol. The predicted octanol–water partition coefficient (Wildman–Crippen LogP) is 14.0. The maximum Gasteiger partial charge on any atom is 0.0740 e. The first-order valence-corrected chi connectivity index (χ1v) is 18.9. The van der Waals surface area contributed by atoms with Crippen molar-refractivity contribution in [3.63, 3.8) is 0 Å². The van der Waals surface area contributed by atoms with Gasteiger partial charge in [0.2, 0.25) is 0 Å². The van der Waals surface area contributed by atoms with Gasteiger partial charge in [0, 0.05) is 9.58 Å². The Balaban J connectivity index is 1.19. The second-order valence-electron chi connectivity index (χ2n) is 14.3. The lowest BCUT2D eigenvalue weighted by molar-refractivity contribution is 0.803. The van der Waals surface area contributed by atoms with Crippen LogP contribution in [0, 0.1) is 0 Å². The summed E-state index contributed by atoms with van der Waals surface area (Å²) in [6, 6.07) is 68.4. The monoisotopic (exact) mass is 674 g/mol. The molecular formula is C51H30S. The van der Waals surface area contributed by atoms with Crippen LogP contribution in [-0.4, -0.2) is 0 Å². The van der Waals surface area contributed by atoms with E-state index in [1.165, 1.54) is 108 Å². The second kappa shape index (κ2) is 10.4. The molecule has 1 heterocycles. The van der Waals surface area contributed by atoms with Gasteiger partial charge in [0.15, 0.2) is 0 Å². The molecule has 0 bridgehead atoms. The fourth-order valence-electron chi connectivity index (χ4n) is 9.84. The van der Waals surface area contributed by atoms with Crippen LogP contribution in [0.4, 0.5) is 0 Å². The standard InChI is InChI=1S/C51H30S/c1-2-14-32-29-33(26-25-31(32)13-1)47-37-16-3-5-18-39(37)48(40-19-6-4-17-38(40)47)34-27-28-36-35-15-7-10-22-43(35)51(45(36)30-34)44-23-11-8-20-41(44)50-49(51)42-21-9-12-24-46(42)52-50/h1-30H. The number of hydrogen-bond donors (Lipinski definition) is 0. The van der Waals surface area contributed by atoms with Crippen molar-refractivity contribution in [1.82, 2.24) is 0 Å². The summed E-state index contributed by atoms with van der Waals surface area (Å²) in [6.45, 7) is 0. The highest BCUT2D eigenvalue weighted by molar-refractivity contribution is 7.22. The van der Waals surface area contributed by atoms with Crippen molar-refractivity contribution in [2.75, 3.05) is 0 Å². The Bertz CT molecular complexity index is 3080. The van der Waals surface area contributed by atoms with Crippen LogP contribution in [0.25, 0.3) is 86.2 Å². The van der Waals surface area contributed by atoms with E-state index in [2.05, 4.69) is 182 Å². The van der Waals surface area contributed by atoms with Crippen LogP contribution in [0.5, 0.6) is 0 Å². The van der Waals surface area contributed by atoms with Gasteiger partial charge in [-0.05, 0) is 117 Å². The third-order valence-corrected chi connectivity index (χ3v) is 13.1. The van der Waals surface area contributed by atoms with E-state index in [9.17, 15) is 0 Å². The van der Waals surface area contributed by atoms with Gasteiger partial charge in [0.25, 0.3) is 0 Å². The molecule has 1 aromatic heterocycles. The highest BCUT2D eigenvalue weighted by Gasteiger charge is 2.53. The van der Waals surface area contributed by atoms with Gasteiger partial charge in [-0.1, -0.05) is 164 Å². The van der Waals surface area contributed by atoms with Gasteiger partial charge >= 0.3 is 0 Å². The van der Waals surface area contributed by atoms with Gasteiger partial charge in [-0.3, -0.25) is 0 Å². The molecular weight excluding hydrogens is 645 g/mol. The van der Waals surface area contributed by atoms with E-state index in [1.54, 1.807) is 0 Å². The van der Waals surface area contributed by atoms with Gasteiger partial charge < -0.3 is 0 Å². The topological polar surface area (TPSA) is 0 Å². The van der Waals surface area contributed by atoms with Crippen molar-refractivity contribution >= 4 is 53.7 Å². The molecule has 2 aliphatic rings. The summed E-state index contributed by atoms with van der Waals surface area (Å²) in [5, 5.41) is 9.01. The average Bonchev–Trinajstić information content (AvgIpc) is 3.83. The number of rotatable bonds is 2. The highest BCUT2D eigenvalue weighted by atomic mass is 32.1. The Hall–Kier alpha value is -6.28. The molecule has 9 aromatic carbocycles. The number of fused-ring (bicyclic) bond motifs is 15. The molecule has 0 aliphatic heterocycles. The second-order valence-corrected chi connectivity index (χ2v) is 15.4. The van der Waals surface area contributed by atoms with Crippen molar-refractivity contribution in [2.24, 2.45) is 0 Å². The largest absolute Gasteiger partial charge is 0.135 e. The van der Waals surface area contributed by atoms with Crippen LogP contribution in [0.2, 0.25) is 0 Å². The average molecular weight is 675 g/mol. The Morgan fingerprint density at radius 1 is 0.346 bits per heavy atom. The van der Waals surface area contributed by atoms with E-state index >= 15 is 0 Å². The SMILES string of the molecule is c1ccc2c(c1)-c1ccc(-c3c4ccccc4c(-c4ccc5ccccc5c4)c4ccccc34)cc1C21c2ccccc2-c2sc3ccccc3c21. The van der Waals surface area contributed by atoms with Crippen molar-refractivity contribution in [3.8, 4) is 43.8 Å². The van der Waals surface area contributed by atoms with Gasteiger partial charge in [0.1, 0.15) is 0 Å². The Morgan fingerprint density at radius 2 is 0.846 bits per heavy atom. The molecule has 0 saturated heterocycles. The zero-order valence-electron chi connectivity index (χ0n) is 28.2. The minimum Gasteiger partial charge on any atom is -0.135 e. The summed E-state index contributed by atoms with van der Waals surface area (Å²) < 4.78 is 1.35. The molecule has 0 amide bonds. The maximum atomic E-state index is 2.55. The molecule has 0 nitrogen and oxygen atoms in total. The summed E-state index contributed by atoms with van der Waals surface area (Å²) in [6.07, 6.45) is 0. The van der Waals surface area contributed by atoms with E-state index in [0.29, 0.717) is 0 Å². The van der Waals surface area contributed by atoms with Crippen LogP contribution in [0.1, 0.15) is 22.3 Å². The van der Waals surface area contributed by atoms with E-state index < -0.39 is 5.41 Å². The lowest BCUT2D eigenvalue weighted by Crippen LogP contribution is -2.25. The van der Waals surface area contributed by atoms with Crippen LogP contribution >= 0.6 is 11.3 Å². The molecule has 1 heteroatoms. The third-order valence-electron chi connectivity index (χ3n) is 11.8. The van der Waals surface area contributed by atoms with Gasteiger partial charge in [-0.15, -0.1) is 11.3 Å². The summed E-state index contributed by atoms with van der Waals surface area (Å²) >= 11 is 1.94. The summed E-state index contributed by atoms with van der Waals surface area (Å²) in [5.41, 5.74) is 14.3. The Labute approximate surface area is 305 Å². The van der Waals surface area contributed by atoms with Crippen molar-refractivity contribution < 1.29 is 0 Å². The molecule has 52 heavy (non-hydrogen) atoms. The molecule has 10 aromatic rings. The fourth-order valence-corrected chi connectivity index (χ4v) is 11.1. The van der Waals surface area contributed by atoms with E-state index in [4.69, 9.17) is 0 Å². The quantitative estimate of drug-likeness (QED) is 0.160. The lowest BCUT2D eigenvalue weighted by Gasteiger charge is -2.31. The first-order chi connectivity index (χ1) is 25.8. The maximum absolute atomic E-state index is 2.55. The Morgan fingerprint density at radius 3 is 1.56 bits per heavy atom.